The Kier molecular flexibility index (Phi) is 4.31. The van der Waals surface area contributed by atoms with Gasteiger partial charge in [0.05, 0.1) is 11.4 Å². The number of carbonyl (C=O) groups excluding carboxylic acids is 2. The van der Waals surface area contributed by atoms with Crippen LogP contribution in [0.15, 0.2) is 36.4 Å². The van der Waals surface area contributed by atoms with Gasteiger partial charge in [0.1, 0.15) is 0 Å². The number of hydrogen-bond acceptors (Lipinski definition) is 8. The summed E-state index contributed by atoms with van der Waals surface area (Å²) in [5, 5.41) is 23.9. The highest BCUT2D eigenvalue weighted by Gasteiger charge is 2.22. The van der Waals surface area contributed by atoms with E-state index in [1.165, 1.54) is 36.4 Å². The van der Waals surface area contributed by atoms with Crippen LogP contribution in [0, 0.1) is 20.2 Å². The maximum Gasteiger partial charge on any atom is 0.265 e. The van der Waals surface area contributed by atoms with Gasteiger partial charge in [-0.15, -0.1) is 0 Å². The van der Waals surface area contributed by atoms with E-state index in [0.717, 1.165) is 0 Å². The van der Waals surface area contributed by atoms with Crippen molar-refractivity contribution in [3.8, 4) is 11.5 Å². The van der Waals surface area contributed by atoms with Crippen molar-refractivity contribution in [1.82, 2.24) is 0 Å². The Balaban J connectivity index is 1.85. The molecule has 0 unspecified atom stereocenters. The summed E-state index contributed by atoms with van der Waals surface area (Å²) in [6.45, 7) is -1.62. The van der Waals surface area contributed by atoms with E-state index in [0.29, 0.717) is 22.9 Å². The largest absolute Gasteiger partial charge is 0.453 e. The number of rotatable bonds is 6. The molecule has 1 aliphatic rings. The van der Waals surface area contributed by atoms with Crippen LogP contribution in [0.25, 0.3) is 0 Å². The van der Waals surface area contributed by atoms with Crippen LogP contribution in [0.1, 0.15) is 20.7 Å². The molecule has 1 heterocycles. The lowest BCUT2D eigenvalue weighted by atomic mass is 10.1. The van der Waals surface area contributed by atoms with Crippen LogP contribution < -0.4 is 10.1 Å². The third-order valence-electron chi connectivity index (χ3n) is 3.64. The molecule has 2 aromatic carbocycles. The molecular weight excluding hydrogens is 346 g/mol. The SMILES string of the molecule is O=C(C[N+](=O)[O-])c1ccc2c(c1)Nc1ccc(C(=O)C[N+](=O)[O-])cc1O2. The van der Waals surface area contributed by atoms with Crippen LogP contribution in [0.5, 0.6) is 11.5 Å². The fourth-order valence-electron chi connectivity index (χ4n) is 2.45. The monoisotopic (exact) mass is 357 g/mol. The van der Waals surface area contributed by atoms with Gasteiger partial charge in [0.2, 0.25) is 11.6 Å². The maximum atomic E-state index is 11.8. The maximum absolute atomic E-state index is 11.8. The van der Waals surface area contributed by atoms with Crippen molar-refractivity contribution in [3.63, 3.8) is 0 Å². The predicted octanol–water partition coefficient (Wildman–Crippen LogP) is 2.45. The topological polar surface area (TPSA) is 142 Å². The zero-order chi connectivity index (χ0) is 18.8. The van der Waals surface area contributed by atoms with E-state index in [4.69, 9.17) is 4.74 Å². The minimum absolute atomic E-state index is 0.142. The van der Waals surface area contributed by atoms with Gasteiger partial charge in [-0.05, 0) is 36.4 Å². The van der Waals surface area contributed by atoms with Gasteiger partial charge in [0.15, 0.2) is 11.5 Å². The van der Waals surface area contributed by atoms with Crippen LogP contribution in [-0.4, -0.2) is 34.5 Å². The second kappa shape index (κ2) is 6.59. The average molecular weight is 357 g/mol. The van der Waals surface area contributed by atoms with Crippen molar-refractivity contribution >= 4 is 22.9 Å². The molecule has 26 heavy (non-hydrogen) atoms. The molecule has 0 saturated heterocycles. The van der Waals surface area contributed by atoms with Crippen LogP contribution in [0.3, 0.4) is 0 Å². The molecule has 0 fully saturated rings. The van der Waals surface area contributed by atoms with E-state index in [2.05, 4.69) is 5.32 Å². The smallest absolute Gasteiger partial charge is 0.265 e. The van der Waals surface area contributed by atoms with Gasteiger partial charge in [-0.25, -0.2) is 0 Å². The lowest BCUT2D eigenvalue weighted by Gasteiger charge is -2.22. The fraction of sp³-hybridized carbons (Fsp3) is 0.125. The number of nitro groups is 2. The van der Waals surface area contributed by atoms with Gasteiger partial charge in [-0.2, -0.15) is 0 Å². The van der Waals surface area contributed by atoms with Gasteiger partial charge in [-0.3, -0.25) is 29.8 Å². The number of carbonyl (C=O) groups is 2. The minimum atomic E-state index is -0.815. The normalized spacial score (nSPS) is 11.4. The Hall–Kier alpha value is -3.82. The first-order valence-electron chi connectivity index (χ1n) is 7.36. The quantitative estimate of drug-likeness (QED) is 0.403. The van der Waals surface area contributed by atoms with E-state index in [1.54, 1.807) is 0 Å². The third-order valence-corrected chi connectivity index (χ3v) is 3.64. The van der Waals surface area contributed by atoms with Crippen LogP contribution >= 0.6 is 0 Å². The Bertz CT molecular complexity index is 877. The van der Waals surface area contributed by atoms with E-state index >= 15 is 0 Å². The summed E-state index contributed by atoms with van der Waals surface area (Å²) in [6.07, 6.45) is 0. The van der Waals surface area contributed by atoms with Gasteiger partial charge in [-0.1, -0.05) is 0 Å². The number of ether oxygens (including phenoxy) is 1. The Morgan fingerprint density at radius 3 is 2.04 bits per heavy atom. The Morgan fingerprint density at radius 1 is 0.846 bits per heavy atom. The zero-order valence-corrected chi connectivity index (χ0v) is 13.1. The van der Waals surface area contributed by atoms with E-state index in [9.17, 15) is 29.8 Å². The second-order valence-electron chi connectivity index (χ2n) is 5.48. The van der Waals surface area contributed by atoms with E-state index in [-0.39, 0.29) is 11.1 Å². The highest BCUT2D eigenvalue weighted by atomic mass is 16.6. The van der Waals surface area contributed by atoms with Crippen molar-refractivity contribution in [2.75, 3.05) is 18.4 Å². The summed E-state index contributed by atoms with van der Waals surface area (Å²) in [7, 11) is 0. The first kappa shape index (κ1) is 17.0. The van der Waals surface area contributed by atoms with Gasteiger partial charge < -0.3 is 10.1 Å². The lowest BCUT2D eigenvalue weighted by Crippen LogP contribution is -2.15. The van der Waals surface area contributed by atoms with E-state index in [1.807, 2.05) is 0 Å². The highest BCUT2D eigenvalue weighted by Crippen LogP contribution is 2.42. The second-order valence-corrected chi connectivity index (χ2v) is 5.48. The molecule has 0 amide bonds. The molecule has 10 heteroatoms. The van der Waals surface area contributed by atoms with E-state index < -0.39 is 34.5 Å². The summed E-state index contributed by atoms with van der Waals surface area (Å²) in [6, 6.07) is 8.66. The first-order chi connectivity index (χ1) is 12.3. The summed E-state index contributed by atoms with van der Waals surface area (Å²) >= 11 is 0. The molecule has 0 radical (unpaired) electrons. The van der Waals surface area contributed by atoms with Crippen LogP contribution in [0.4, 0.5) is 11.4 Å². The first-order valence-corrected chi connectivity index (χ1v) is 7.36. The molecule has 10 nitrogen and oxygen atoms in total. The van der Waals surface area contributed by atoms with Gasteiger partial charge in [0, 0.05) is 21.0 Å². The van der Waals surface area contributed by atoms with Crippen molar-refractivity contribution in [3.05, 3.63) is 67.8 Å². The van der Waals surface area contributed by atoms with Crippen molar-refractivity contribution in [2.24, 2.45) is 0 Å². The third kappa shape index (κ3) is 3.48. The average Bonchev–Trinajstić information content (AvgIpc) is 2.57. The molecule has 0 aliphatic carbocycles. The van der Waals surface area contributed by atoms with Gasteiger partial charge >= 0.3 is 0 Å². The molecule has 3 rings (SSSR count). The zero-order valence-electron chi connectivity index (χ0n) is 13.1. The van der Waals surface area contributed by atoms with Crippen LogP contribution in [-0.2, 0) is 0 Å². The number of nitrogens with one attached hydrogen (secondary N) is 1. The van der Waals surface area contributed by atoms with Crippen molar-refractivity contribution in [1.29, 1.82) is 0 Å². The fourth-order valence-corrected chi connectivity index (χ4v) is 2.45. The molecule has 2 aromatic rings. The summed E-state index contributed by atoms with van der Waals surface area (Å²) < 4.78 is 5.66. The molecule has 0 saturated carbocycles. The predicted molar refractivity (Wildman–Crippen MR) is 88.6 cm³/mol. The summed E-state index contributed by atoms with van der Waals surface area (Å²) in [5.41, 5.74) is 1.24. The number of fused-ring (bicyclic) bond motifs is 2. The molecule has 1 N–H and O–H groups in total. The highest BCUT2D eigenvalue weighted by molar-refractivity contribution is 5.99. The minimum Gasteiger partial charge on any atom is -0.453 e. The standard InChI is InChI=1S/C16H11N3O7/c20-13(7-18(22)23)9-2-4-15-12(5-9)17-11-3-1-10(6-16(11)26-15)14(21)8-19(24)25/h1-6,17H,7-8H2. The molecule has 0 spiro atoms. The van der Waals surface area contributed by atoms with Crippen LogP contribution in [0.2, 0.25) is 0 Å². The van der Waals surface area contributed by atoms with Gasteiger partial charge in [0.25, 0.3) is 13.1 Å². The van der Waals surface area contributed by atoms with Crippen molar-refractivity contribution in [2.45, 2.75) is 0 Å². The molecule has 0 atom stereocenters. The number of nitrogens with zero attached hydrogens (tertiary/aromatic N) is 2. The molecule has 0 bridgehead atoms. The number of ketones is 2. The molecule has 132 valence electrons. The Labute approximate surface area is 145 Å². The molecule has 1 aliphatic heterocycles. The van der Waals surface area contributed by atoms with Crippen molar-refractivity contribution < 1.29 is 24.2 Å². The summed E-state index contributed by atoms with van der Waals surface area (Å²) in [5.74, 6) is -0.621. The molecular formula is C16H11N3O7. The lowest BCUT2D eigenvalue weighted by molar-refractivity contribution is -0.465. The molecule has 0 aromatic heterocycles. The number of anilines is 2. The number of hydrogen-bond donors (Lipinski definition) is 1. The Morgan fingerprint density at radius 2 is 1.42 bits per heavy atom. The number of benzene rings is 2. The number of Topliss-reactive ketones (excluding diaryl/α,β-unsaturated/α-hetero) is 2. The summed E-state index contributed by atoms with van der Waals surface area (Å²) in [4.78, 5) is 43.1.